The van der Waals surface area contributed by atoms with Crippen LogP contribution >= 0.6 is 0 Å². The van der Waals surface area contributed by atoms with E-state index in [1.165, 1.54) is 17.2 Å². The van der Waals surface area contributed by atoms with E-state index in [1.807, 2.05) is 6.92 Å². The van der Waals surface area contributed by atoms with E-state index in [4.69, 9.17) is 13.9 Å². The van der Waals surface area contributed by atoms with Gasteiger partial charge in [0.25, 0.3) is 5.91 Å². The minimum atomic E-state index is -1.13. The van der Waals surface area contributed by atoms with Crippen molar-refractivity contribution in [3.05, 3.63) is 47.8 Å². The SMILES string of the molecule is CCN(Cc1ccco1)C(=O)c1cc(C(=O)O)co1. The van der Waals surface area contributed by atoms with Crippen LogP contribution in [0.3, 0.4) is 0 Å². The molecule has 2 aromatic rings. The van der Waals surface area contributed by atoms with Crippen LogP contribution in [-0.4, -0.2) is 28.4 Å². The molecule has 2 aromatic heterocycles. The maximum Gasteiger partial charge on any atom is 0.338 e. The summed E-state index contributed by atoms with van der Waals surface area (Å²) in [6.45, 7) is 2.59. The summed E-state index contributed by atoms with van der Waals surface area (Å²) in [6.07, 6.45) is 2.58. The van der Waals surface area contributed by atoms with Gasteiger partial charge in [-0.15, -0.1) is 0 Å². The standard InChI is InChI=1S/C13H13NO5/c1-2-14(7-10-4-3-5-18-10)12(15)11-6-9(8-19-11)13(16)17/h3-6,8H,2,7H2,1H3,(H,16,17). The monoisotopic (exact) mass is 263 g/mol. The van der Waals surface area contributed by atoms with E-state index in [0.29, 0.717) is 18.8 Å². The second-order valence-electron chi connectivity index (χ2n) is 3.90. The highest BCUT2D eigenvalue weighted by Gasteiger charge is 2.20. The Morgan fingerprint density at radius 1 is 1.37 bits per heavy atom. The quantitative estimate of drug-likeness (QED) is 0.894. The number of hydrogen-bond acceptors (Lipinski definition) is 4. The average molecular weight is 263 g/mol. The molecular formula is C13H13NO5. The minimum absolute atomic E-state index is 0.00538. The molecule has 0 aromatic carbocycles. The predicted molar refractivity (Wildman–Crippen MR) is 64.8 cm³/mol. The molecule has 6 nitrogen and oxygen atoms in total. The van der Waals surface area contributed by atoms with Crippen LogP contribution in [0, 0.1) is 0 Å². The summed E-state index contributed by atoms with van der Waals surface area (Å²) in [6, 6.07) is 4.72. The molecule has 19 heavy (non-hydrogen) atoms. The minimum Gasteiger partial charge on any atom is -0.478 e. The highest BCUT2D eigenvalue weighted by Crippen LogP contribution is 2.13. The van der Waals surface area contributed by atoms with Gasteiger partial charge in [0.1, 0.15) is 12.0 Å². The number of carbonyl (C=O) groups is 2. The summed E-state index contributed by atoms with van der Waals surface area (Å²) in [4.78, 5) is 24.4. The van der Waals surface area contributed by atoms with Crippen molar-refractivity contribution in [2.24, 2.45) is 0 Å². The summed E-state index contributed by atoms with van der Waals surface area (Å²) in [5.41, 5.74) is -0.0441. The molecule has 0 unspecified atom stereocenters. The Balaban J connectivity index is 2.13. The van der Waals surface area contributed by atoms with E-state index in [2.05, 4.69) is 0 Å². The normalized spacial score (nSPS) is 10.4. The maximum absolute atomic E-state index is 12.1. The first kappa shape index (κ1) is 12.9. The molecule has 0 fully saturated rings. The molecule has 0 aliphatic rings. The van der Waals surface area contributed by atoms with Gasteiger partial charge in [-0.3, -0.25) is 4.79 Å². The summed E-state index contributed by atoms with van der Waals surface area (Å²) in [5.74, 6) is -0.839. The van der Waals surface area contributed by atoms with Gasteiger partial charge in [0.05, 0.1) is 18.4 Å². The third-order valence-corrected chi connectivity index (χ3v) is 2.65. The van der Waals surface area contributed by atoms with E-state index in [1.54, 1.807) is 12.1 Å². The zero-order valence-electron chi connectivity index (χ0n) is 10.3. The Kier molecular flexibility index (Phi) is 3.70. The van der Waals surface area contributed by atoms with E-state index in [0.717, 1.165) is 6.26 Å². The second kappa shape index (κ2) is 5.43. The van der Waals surface area contributed by atoms with Crippen LogP contribution in [0.4, 0.5) is 0 Å². The van der Waals surface area contributed by atoms with Crippen LogP contribution < -0.4 is 0 Å². The summed E-state index contributed by atoms with van der Waals surface area (Å²) >= 11 is 0. The van der Waals surface area contributed by atoms with Crippen LogP contribution in [0.15, 0.2) is 39.6 Å². The van der Waals surface area contributed by atoms with E-state index < -0.39 is 5.97 Å². The van der Waals surface area contributed by atoms with Crippen LogP contribution in [0.5, 0.6) is 0 Å². The molecule has 2 rings (SSSR count). The molecule has 1 amide bonds. The van der Waals surface area contributed by atoms with Gasteiger partial charge in [-0.2, -0.15) is 0 Å². The van der Waals surface area contributed by atoms with Crippen LogP contribution in [-0.2, 0) is 6.54 Å². The van der Waals surface area contributed by atoms with Gasteiger partial charge >= 0.3 is 5.97 Å². The smallest absolute Gasteiger partial charge is 0.338 e. The van der Waals surface area contributed by atoms with Gasteiger partial charge in [0, 0.05) is 12.6 Å². The lowest BCUT2D eigenvalue weighted by Crippen LogP contribution is -2.29. The van der Waals surface area contributed by atoms with Crippen LogP contribution in [0.25, 0.3) is 0 Å². The third-order valence-electron chi connectivity index (χ3n) is 2.65. The Labute approximate surface area is 109 Å². The van der Waals surface area contributed by atoms with Crippen molar-refractivity contribution >= 4 is 11.9 Å². The third kappa shape index (κ3) is 2.85. The van der Waals surface area contributed by atoms with E-state index in [-0.39, 0.29) is 17.2 Å². The largest absolute Gasteiger partial charge is 0.478 e. The number of furan rings is 2. The van der Waals surface area contributed by atoms with Gasteiger partial charge in [-0.1, -0.05) is 0 Å². The molecule has 0 aliphatic carbocycles. The molecule has 0 saturated heterocycles. The van der Waals surface area contributed by atoms with Gasteiger partial charge in [-0.05, 0) is 19.1 Å². The Morgan fingerprint density at radius 2 is 2.16 bits per heavy atom. The van der Waals surface area contributed by atoms with Gasteiger partial charge in [0.2, 0.25) is 0 Å². The fraction of sp³-hybridized carbons (Fsp3) is 0.231. The molecular weight excluding hydrogens is 250 g/mol. The number of carboxylic acids is 1. The van der Waals surface area contributed by atoms with Crippen molar-refractivity contribution in [2.75, 3.05) is 6.54 Å². The molecule has 2 heterocycles. The first-order chi connectivity index (χ1) is 9.11. The van der Waals surface area contributed by atoms with Crippen molar-refractivity contribution in [2.45, 2.75) is 13.5 Å². The number of hydrogen-bond donors (Lipinski definition) is 1. The van der Waals surface area contributed by atoms with E-state index >= 15 is 0 Å². The summed E-state index contributed by atoms with van der Waals surface area (Å²) < 4.78 is 10.2. The number of carboxylic acid groups (broad SMARTS) is 1. The first-order valence-electron chi connectivity index (χ1n) is 5.75. The zero-order valence-corrected chi connectivity index (χ0v) is 10.3. The molecule has 0 bridgehead atoms. The van der Waals surface area contributed by atoms with Crippen molar-refractivity contribution < 1.29 is 23.5 Å². The summed E-state index contributed by atoms with van der Waals surface area (Å²) in [7, 11) is 0. The van der Waals surface area contributed by atoms with Crippen molar-refractivity contribution in [1.29, 1.82) is 0 Å². The zero-order chi connectivity index (χ0) is 13.8. The van der Waals surface area contributed by atoms with Crippen molar-refractivity contribution in [3.63, 3.8) is 0 Å². The fourth-order valence-electron chi connectivity index (χ4n) is 1.63. The average Bonchev–Trinajstić information content (AvgIpc) is 3.06. The number of carbonyl (C=O) groups excluding carboxylic acids is 1. The van der Waals surface area contributed by atoms with Crippen molar-refractivity contribution in [3.8, 4) is 0 Å². The lowest BCUT2D eigenvalue weighted by atomic mass is 10.3. The highest BCUT2D eigenvalue weighted by molar-refractivity contribution is 5.95. The van der Waals surface area contributed by atoms with Crippen molar-refractivity contribution in [1.82, 2.24) is 4.90 Å². The first-order valence-corrected chi connectivity index (χ1v) is 5.75. The van der Waals surface area contributed by atoms with E-state index in [9.17, 15) is 9.59 Å². The number of aromatic carboxylic acids is 1. The molecule has 0 aliphatic heterocycles. The van der Waals surface area contributed by atoms with Gasteiger partial charge in [0.15, 0.2) is 5.76 Å². The van der Waals surface area contributed by atoms with Crippen LogP contribution in [0.1, 0.15) is 33.6 Å². The highest BCUT2D eigenvalue weighted by atomic mass is 16.4. The molecule has 1 N–H and O–H groups in total. The second-order valence-corrected chi connectivity index (χ2v) is 3.90. The Bertz CT molecular complexity index is 570. The number of rotatable bonds is 5. The Hall–Kier alpha value is -2.50. The number of amides is 1. The maximum atomic E-state index is 12.1. The topological polar surface area (TPSA) is 83.9 Å². The lowest BCUT2D eigenvalue weighted by molar-refractivity contribution is 0.0692. The molecule has 0 radical (unpaired) electrons. The van der Waals surface area contributed by atoms with Gasteiger partial charge in [-0.25, -0.2) is 4.79 Å². The molecule has 0 saturated carbocycles. The molecule has 6 heteroatoms. The number of nitrogens with zero attached hydrogens (tertiary/aromatic N) is 1. The summed E-state index contributed by atoms with van der Waals surface area (Å²) in [5, 5.41) is 8.78. The Morgan fingerprint density at radius 3 is 2.68 bits per heavy atom. The fourth-order valence-corrected chi connectivity index (χ4v) is 1.63. The predicted octanol–water partition coefficient (Wildman–Crippen LogP) is 2.23. The lowest BCUT2D eigenvalue weighted by Gasteiger charge is -2.17. The molecule has 0 spiro atoms. The molecule has 0 atom stereocenters. The van der Waals surface area contributed by atoms with Gasteiger partial charge < -0.3 is 18.8 Å². The van der Waals surface area contributed by atoms with Crippen LogP contribution in [0.2, 0.25) is 0 Å². The molecule has 100 valence electrons.